The number of hydrogen-bond acceptors (Lipinski definition) is 2. The molecule has 1 aliphatic carbocycles. The van der Waals surface area contributed by atoms with Crippen molar-refractivity contribution in [2.75, 3.05) is 0 Å². The van der Waals surface area contributed by atoms with E-state index in [9.17, 15) is 9.18 Å². The van der Waals surface area contributed by atoms with E-state index in [1.807, 2.05) is 0 Å². The van der Waals surface area contributed by atoms with Crippen LogP contribution in [0.2, 0.25) is 0 Å². The summed E-state index contributed by atoms with van der Waals surface area (Å²) in [6, 6.07) is 1.30. The van der Waals surface area contributed by atoms with Crippen molar-refractivity contribution in [3.05, 3.63) is 29.8 Å². The molecule has 3 heteroatoms. The minimum atomic E-state index is -0.434. The molecule has 0 spiro atoms. The molecular weight excluding hydrogens is 229 g/mol. The maximum atomic E-state index is 13.0. The molecule has 0 atom stereocenters. The summed E-state index contributed by atoms with van der Waals surface area (Å²) < 4.78 is 13.0. The second kappa shape index (κ2) is 5.59. The molecule has 0 saturated heterocycles. The second-order valence-corrected chi connectivity index (χ2v) is 5.61. The fraction of sp³-hybridized carbons (Fsp3) is 0.600. The molecule has 0 amide bonds. The summed E-state index contributed by atoms with van der Waals surface area (Å²) in [4.78, 5) is 16.0. The van der Waals surface area contributed by atoms with E-state index in [-0.39, 0.29) is 11.7 Å². The molecule has 98 valence electrons. The van der Waals surface area contributed by atoms with Gasteiger partial charge in [-0.05, 0) is 43.6 Å². The number of halogens is 1. The van der Waals surface area contributed by atoms with Crippen molar-refractivity contribution in [1.29, 1.82) is 0 Å². The first kappa shape index (κ1) is 13.2. The molecule has 1 aromatic heterocycles. The van der Waals surface area contributed by atoms with Crippen LogP contribution in [-0.4, -0.2) is 10.8 Å². The SMILES string of the molecule is CC(C)C1CCC(C(=O)c2cncc(F)c2)CC1. The average Bonchev–Trinajstić information content (AvgIpc) is 2.38. The zero-order chi connectivity index (χ0) is 13.1. The molecule has 1 fully saturated rings. The van der Waals surface area contributed by atoms with Gasteiger partial charge in [0.2, 0.25) is 0 Å². The van der Waals surface area contributed by atoms with E-state index in [0.717, 1.165) is 37.8 Å². The Kier molecular flexibility index (Phi) is 4.10. The normalized spacial score (nSPS) is 24.2. The van der Waals surface area contributed by atoms with Gasteiger partial charge in [-0.2, -0.15) is 0 Å². The summed E-state index contributed by atoms with van der Waals surface area (Å²) in [5, 5.41) is 0. The maximum absolute atomic E-state index is 13.0. The average molecular weight is 249 g/mol. The third-order valence-corrected chi connectivity index (χ3v) is 4.07. The fourth-order valence-corrected chi connectivity index (χ4v) is 2.83. The lowest BCUT2D eigenvalue weighted by atomic mass is 9.75. The third-order valence-electron chi connectivity index (χ3n) is 4.07. The molecule has 1 aromatic rings. The zero-order valence-electron chi connectivity index (χ0n) is 11.0. The van der Waals surface area contributed by atoms with E-state index in [2.05, 4.69) is 18.8 Å². The number of ketones is 1. The molecule has 18 heavy (non-hydrogen) atoms. The molecular formula is C15H20FNO. The van der Waals surface area contributed by atoms with Gasteiger partial charge in [0.25, 0.3) is 0 Å². The Labute approximate surface area is 108 Å². The van der Waals surface area contributed by atoms with Gasteiger partial charge in [0.1, 0.15) is 5.82 Å². The van der Waals surface area contributed by atoms with Crippen LogP contribution in [0, 0.1) is 23.6 Å². The lowest BCUT2D eigenvalue weighted by Gasteiger charge is -2.30. The Morgan fingerprint density at radius 2 is 1.94 bits per heavy atom. The minimum absolute atomic E-state index is 0.0589. The summed E-state index contributed by atoms with van der Waals surface area (Å²) in [5.74, 6) is 1.11. The van der Waals surface area contributed by atoms with Crippen LogP contribution in [0.3, 0.4) is 0 Å². The largest absolute Gasteiger partial charge is 0.294 e. The highest BCUT2D eigenvalue weighted by atomic mass is 19.1. The lowest BCUT2D eigenvalue weighted by molar-refractivity contribution is 0.0858. The Morgan fingerprint density at radius 3 is 2.50 bits per heavy atom. The number of carbonyl (C=O) groups excluding carboxylic acids is 1. The van der Waals surface area contributed by atoms with Gasteiger partial charge >= 0.3 is 0 Å². The van der Waals surface area contributed by atoms with Crippen LogP contribution in [-0.2, 0) is 0 Å². The Balaban J connectivity index is 1.99. The van der Waals surface area contributed by atoms with Gasteiger partial charge in [-0.15, -0.1) is 0 Å². The van der Waals surface area contributed by atoms with Gasteiger partial charge in [0.05, 0.1) is 6.20 Å². The molecule has 0 radical (unpaired) electrons. The van der Waals surface area contributed by atoms with Crippen LogP contribution >= 0.6 is 0 Å². The number of aromatic nitrogens is 1. The predicted octanol–water partition coefficient (Wildman–Crippen LogP) is 3.87. The summed E-state index contributed by atoms with van der Waals surface area (Å²) in [5.41, 5.74) is 0.419. The molecule has 0 aromatic carbocycles. The van der Waals surface area contributed by atoms with E-state index in [0.29, 0.717) is 11.5 Å². The molecule has 1 saturated carbocycles. The standard InChI is InChI=1S/C15H20FNO/c1-10(2)11-3-5-12(6-4-11)15(18)13-7-14(16)9-17-8-13/h7-12H,3-6H2,1-2H3. The lowest BCUT2D eigenvalue weighted by Crippen LogP contribution is -2.24. The van der Waals surface area contributed by atoms with Crippen molar-refractivity contribution in [3.63, 3.8) is 0 Å². The summed E-state index contributed by atoms with van der Waals surface area (Å²) in [6.45, 7) is 4.48. The third kappa shape index (κ3) is 2.95. The predicted molar refractivity (Wildman–Crippen MR) is 68.8 cm³/mol. The highest BCUT2D eigenvalue weighted by molar-refractivity contribution is 5.97. The molecule has 1 heterocycles. The Morgan fingerprint density at radius 1 is 1.28 bits per heavy atom. The van der Waals surface area contributed by atoms with Crippen LogP contribution in [0.4, 0.5) is 4.39 Å². The molecule has 0 N–H and O–H groups in total. The molecule has 0 unspecified atom stereocenters. The van der Waals surface area contributed by atoms with Crippen molar-refractivity contribution in [2.45, 2.75) is 39.5 Å². The van der Waals surface area contributed by atoms with Gasteiger partial charge in [0.15, 0.2) is 5.78 Å². The molecule has 1 aliphatic rings. The molecule has 0 aliphatic heterocycles. The van der Waals surface area contributed by atoms with E-state index >= 15 is 0 Å². The van der Waals surface area contributed by atoms with Gasteiger partial charge in [0, 0.05) is 17.7 Å². The highest BCUT2D eigenvalue weighted by Crippen LogP contribution is 2.34. The summed E-state index contributed by atoms with van der Waals surface area (Å²) in [7, 11) is 0. The van der Waals surface area contributed by atoms with Crippen molar-refractivity contribution >= 4 is 5.78 Å². The summed E-state index contributed by atoms with van der Waals surface area (Å²) >= 11 is 0. The smallest absolute Gasteiger partial charge is 0.167 e. The van der Waals surface area contributed by atoms with Crippen molar-refractivity contribution in [3.8, 4) is 0 Å². The van der Waals surface area contributed by atoms with Crippen LogP contribution in [0.25, 0.3) is 0 Å². The van der Waals surface area contributed by atoms with E-state index in [1.54, 1.807) is 0 Å². The maximum Gasteiger partial charge on any atom is 0.167 e. The number of hydrogen-bond donors (Lipinski definition) is 0. The van der Waals surface area contributed by atoms with E-state index < -0.39 is 5.82 Å². The van der Waals surface area contributed by atoms with Gasteiger partial charge in [-0.3, -0.25) is 9.78 Å². The Bertz CT molecular complexity index is 422. The van der Waals surface area contributed by atoms with Crippen LogP contribution in [0.1, 0.15) is 49.9 Å². The fourth-order valence-electron chi connectivity index (χ4n) is 2.83. The van der Waals surface area contributed by atoms with E-state index in [1.165, 1.54) is 12.3 Å². The minimum Gasteiger partial charge on any atom is -0.294 e. The zero-order valence-corrected chi connectivity index (χ0v) is 11.0. The van der Waals surface area contributed by atoms with Crippen molar-refractivity contribution in [1.82, 2.24) is 4.98 Å². The highest BCUT2D eigenvalue weighted by Gasteiger charge is 2.28. The molecule has 2 nitrogen and oxygen atoms in total. The van der Waals surface area contributed by atoms with Gasteiger partial charge in [-0.1, -0.05) is 13.8 Å². The first-order valence-electron chi connectivity index (χ1n) is 6.72. The topological polar surface area (TPSA) is 30.0 Å². The number of rotatable bonds is 3. The number of Topliss-reactive ketones (excluding diaryl/α,β-unsaturated/α-hetero) is 1. The van der Waals surface area contributed by atoms with Gasteiger partial charge < -0.3 is 0 Å². The first-order valence-corrected chi connectivity index (χ1v) is 6.72. The first-order chi connectivity index (χ1) is 8.58. The second-order valence-electron chi connectivity index (χ2n) is 5.61. The summed E-state index contributed by atoms with van der Waals surface area (Å²) in [6.07, 6.45) is 6.68. The monoisotopic (exact) mass is 249 g/mol. The Hall–Kier alpha value is -1.25. The van der Waals surface area contributed by atoms with Gasteiger partial charge in [-0.25, -0.2) is 4.39 Å². The molecule has 2 rings (SSSR count). The van der Waals surface area contributed by atoms with E-state index in [4.69, 9.17) is 0 Å². The van der Waals surface area contributed by atoms with Crippen LogP contribution in [0.5, 0.6) is 0 Å². The quantitative estimate of drug-likeness (QED) is 0.761. The number of pyridine rings is 1. The number of nitrogens with zero attached hydrogens (tertiary/aromatic N) is 1. The van der Waals surface area contributed by atoms with Crippen LogP contribution in [0.15, 0.2) is 18.5 Å². The number of carbonyl (C=O) groups is 1. The van der Waals surface area contributed by atoms with Crippen molar-refractivity contribution in [2.24, 2.45) is 17.8 Å². The van der Waals surface area contributed by atoms with Crippen molar-refractivity contribution < 1.29 is 9.18 Å². The van der Waals surface area contributed by atoms with Crippen LogP contribution < -0.4 is 0 Å². The molecule has 0 bridgehead atoms.